The molecule has 3 aromatic rings. The summed E-state index contributed by atoms with van der Waals surface area (Å²) in [6.07, 6.45) is 2.34. The molecule has 0 aliphatic rings. The number of benzene rings is 3. The average Bonchev–Trinajstić information content (AvgIpc) is 2.69. The van der Waals surface area contributed by atoms with Crippen molar-refractivity contribution in [2.45, 2.75) is 44.4 Å². The van der Waals surface area contributed by atoms with Crippen molar-refractivity contribution in [2.24, 2.45) is 0 Å². The molecular weight excluding hydrogens is 380 g/mol. The van der Waals surface area contributed by atoms with Crippen LogP contribution >= 0.6 is 15.9 Å². The van der Waals surface area contributed by atoms with E-state index in [2.05, 4.69) is 115 Å². The van der Waals surface area contributed by atoms with Crippen molar-refractivity contribution in [1.29, 1.82) is 0 Å². The van der Waals surface area contributed by atoms with Crippen molar-refractivity contribution in [3.63, 3.8) is 0 Å². The lowest BCUT2D eigenvalue weighted by Gasteiger charge is -2.25. The Morgan fingerprint density at radius 1 is 0.577 bits per heavy atom. The number of hydrogen-bond donors (Lipinski definition) is 0. The van der Waals surface area contributed by atoms with Gasteiger partial charge in [-0.1, -0.05) is 103 Å². The zero-order valence-electron chi connectivity index (χ0n) is 15.6. The van der Waals surface area contributed by atoms with Crippen molar-refractivity contribution < 1.29 is 0 Å². The molecule has 3 rings (SSSR count). The maximum absolute atomic E-state index is 3.57. The average molecular weight is 407 g/mol. The van der Waals surface area contributed by atoms with Crippen LogP contribution in [0, 0.1) is 0 Å². The van der Waals surface area contributed by atoms with E-state index in [1.807, 2.05) is 0 Å². The highest BCUT2D eigenvalue weighted by Crippen LogP contribution is 2.37. The van der Waals surface area contributed by atoms with E-state index in [1.165, 1.54) is 29.5 Å². The molecule has 0 heterocycles. The summed E-state index contributed by atoms with van der Waals surface area (Å²) in [5, 5.41) is 0. The van der Waals surface area contributed by atoms with E-state index in [-0.39, 0.29) is 0 Å². The van der Waals surface area contributed by atoms with Crippen LogP contribution in [0.4, 0.5) is 0 Å². The lowest BCUT2D eigenvalue weighted by atomic mass is 9.80. The van der Waals surface area contributed by atoms with Gasteiger partial charge in [-0.05, 0) is 59.4 Å². The molecule has 0 aromatic heterocycles. The molecule has 2 unspecified atom stereocenters. The molecule has 0 amide bonds. The van der Waals surface area contributed by atoms with Crippen LogP contribution in [-0.4, -0.2) is 0 Å². The third kappa shape index (κ3) is 5.08. The second-order valence-electron chi connectivity index (χ2n) is 7.34. The first-order chi connectivity index (χ1) is 12.6. The van der Waals surface area contributed by atoms with Crippen LogP contribution in [0.25, 0.3) is 0 Å². The van der Waals surface area contributed by atoms with Crippen LogP contribution in [0.1, 0.15) is 61.1 Å². The molecular formula is C25H27Br. The Labute approximate surface area is 166 Å². The zero-order chi connectivity index (χ0) is 18.4. The molecule has 0 fully saturated rings. The third-order valence-electron chi connectivity index (χ3n) is 5.35. The lowest BCUT2D eigenvalue weighted by molar-refractivity contribution is 0.489. The van der Waals surface area contributed by atoms with Crippen molar-refractivity contribution in [3.05, 3.63) is 106 Å². The van der Waals surface area contributed by atoms with Crippen molar-refractivity contribution in [3.8, 4) is 0 Å². The molecule has 0 N–H and O–H groups in total. The molecule has 0 radical (unpaired) electrons. The highest BCUT2D eigenvalue weighted by atomic mass is 79.9. The fraction of sp³-hybridized carbons (Fsp3) is 0.280. The largest absolute Gasteiger partial charge is 0.0622 e. The Bertz CT molecular complexity index is 730. The molecule has 1 heteroatoms. The van der Waals surface area contributed by atoms with Crippen LogP contribution in [0.5, 0.6) is 0 Å². The number of rotatable bonds is 7. The van der Waals surface area contributed by atoms with Gasteiger partial charge in [-0.3, -0.25) is 0 Å². The highest BCUT2D eigenvalue weighted by Gasteiger charge is 2.20. The molecule has 0 saturated carbocycles. The van der Waals surface area contributed by atoms with Gasteiger partial charge in [0.25, 0.3) is 0 Å². The minimum Gasteiger partial charge on any atom is -0.0622 e. The SMILES string of the molecule is CC(CC(CC(C)c1ccccc1)c1ccc(Br)cc1)c1ccccc1. The minimum absolute atomic E-state index is 0.549. The van der Waals surface area contributed by atoms with Crippen molar-refractivity contribution in [1.82, 2.24) is 0 Å². The maximum atomic E-state index is 3.57. The monoisotopic (exact) mass is 406 g/mol. The van der Waals surface area contributed by atoms with Crippen LogP contribution in [0.15, 0.2) is 89.4 Å². The summed E-state index contributed by atoms with van der Waals surface area (Å²) in [7, 11) is 0. The zero-order valence-corrected chi connectivity index (χ0v) is 17.2. The molecule has 0 spiro atoms. The molecule has 0 bridgehead atoms. The predicted octanol–water partition coefficient (Wildman–Crippen LogP) is 7.92. The summed E-state index contributed by atoms with van der Waals surface area (Å²) in [5.74, 6) is 1.65. The highest BCUT2D eigenvalue weighted by molar-refractivity contribution is 9.10. The second-order valence-corrected chi connectivity index (χ2v) is 8.26. The lowest BCUT2D eigenvalue weighted by Crippen LogP contribution is -2.08. The predicted molar refractivity (Wildman–Crippen MR) is 116 cm³/mol. The Balaban J connectivity index is 1.80. The Hall–Kier alpha value is -1.86. The van der Waals surface area contributed by atoms with E-state index < -0.39 is 0 Å². The quantitative estimate of drug-likeness (QED) is 0.373. The Kier molecular flexibility index (Phi) is 6.68. The van der Waals surface area contributed by atoms with Crippen molar-refractivity contribution >= 4 is 15.9 Å². The standard InChI is InChI=1S/C25H27Br/c1-19(21-9-5-3-6-10-21)17-24(23-13-15-25(26)16-14-23)18-20(2)22-11-7-4-8-12-22/h3-16,19-20,24H,17-18H2,1-2H3. The minimum atomic E-state index is 0.549. The number of hydrogen-bond acceptors (Lipinski definition) is 0. The van der Waals surface area contributed by atoms with Gasteiger partial charge < -0.3 is 0 Å². The fourth-order valence-corrected chi connectivity index (χ4v) is 4.06. The summed E-state index contributed by atoms with van der Waals surface area (Å²) in [5.41, 5.74) is 4.31. The third-order valence-corrected chi connectivity index (χ3v) is 5.88. The molecule has 26 heavy (non-hydrogen) atoms. The fourth-order valence-electron chi connectivity index (χ4n) is 3.79. The molecule has 0 nitrogen and oxygen atoms in total. The molecule has 0 saturated heterocycles. The van der Waals surface area contributed by atoms with Gasteiger partial charge >= 0.3 is 0 Å². The Morgan fingerprint density at radius 3 is 1.42 bits per heavy atom. The van der Waals surface area contributed by atoms with Gasteiger partial charge in [-0.15, -0.1) is 0 Å². The van der Waals surface area contributed by atoms with E-state index in [1.54, 1.807) is 0 Å². The smallest absolute Gasteiger partial charge is 0.0175 e. The van der Waals surface area contributed by atoms with Crippen molar-refractivity contribution in [2.75, 3.05) is 0 Å². The van der Waals surface area contributed by atoms with Crippen LogP contribution < -0.4 is 0 Å². The van der Waals surface area contributed by atoms with E-state index in [0.717, 1.165) is 4.47 Å². The summed E-state index contributed by atoms with van der Waals surface area (Å²) >= 11 is 3.57. The van der Waals surface area contributed by atoms with E-state index >= 15 is 0 Å². The Morgan fingerprint density at radius 2 is 1.00 bits per heavy atom. The van der Waals surface area contributed by atoms with Gasteiger partial charge in [0.05, 0.1) is 0 Å². The van der Waals surface area contributed by atoms with E-state index in [0.29, 0.717) is 17.8 Å². The first-order valence-electron chi connectivity index (χ1n) is 9.49. The van der Waals surface area contributed by atoms with Gasteiger partial charge in [0.1, 0.15) is 0 Å². The van der Waals surface area contributed by atoms with Crippen LogP contribution in [0.3, 0.4) is 0 Å². The topological polar surface area (TPSA) is 0 Å². The maximum Gasteiger partial charge on any atom is 0.0175 e. The molecule has 0 aliphatic carbocycles. The van der Waals surface area contributed by atoms with E-state index in [9.17, 15) is 0 Å². The summed E-state index contributed by atoms with van der Waals surface area (Å²) in [6, 6.07) is 30.7. The van der Waals surface area contributed by atoms with Gasteiger partial charge in [0, 0.05) is 4.47 Å². The normalized spacial score (nSPS) is 14.6. The van der Waals surface area contributed by atoms with Crippen LogP contribution in [0.2, 0.25) is 0 Å². The van der Waals surface area contributed by atoms with Gasteiger partial charge in [0.2, 0.25) is 0 Å². The van der Waals surface area contributed by atoms with Gasteiger partial charge in [-0.25, -0.2) is 0 Å². The van der Waals surface area contributed by atoms with E-state index in [4.69, 9.17) is 0 Å². The first kappa shape index (κ1) is 18.9. The van der Waals surface area contributed by atoms with Crippen LogP contribution in [-0.2, 0) is 0 Å². The second kappa shape index (κ2) is 9.19. The first-order valence-corrected chi connectivity index (χ1v) is 10.3. The van der Waals surface area contributed by atoms with Gasteiger partial charge in [-0.2, -0.15) is 0 Å². The molecule has 0 aliphatic heterocycles. The summed E-state index contributed by atoms with van der Waals surface area (Å²) < 4.78 is 1.15. The number of halogens is 1. The molecule has 134 valence electrons. The molecule has 2 atom stereocenters. The van der Waals surface area contributed by atoms with Gasteiger partial charge in [0.15, 0.2) is 0 Å². The summed E-state index contributed by atoms with van der Waals surface area (Å²) in [4.78, 5) is 0. The molecule has 3 aromatic carbocycles. The summed E-state index contributed by atoms with van der Waals surface area (Å²) in [6.45, 7) is 4.71.